The number of aromatic nitrogens is 5. The van der Waals surface area contributed by atoms with Crippen LogP contribution in [0, 0.1) is 0 Å². The number of unbranched alkanes of at least 4 members (excludes halogenated alkanes) is 2. The highest BCUT2D eigenvalue weighted by Gasteiger charge is 2.20. The van der Waals surface area contributed by atoms with E-state index in [2.05, 4.69) is 31.8 Å². The van der Waals surface area contributed by atoms with Crippen molar-refractivity contribution < 1.29 is 14.3 Å². The quantitative estimate of drug-likeness (QED) is 0.157. The van der Waals surface area contributed by atoms with E-state index in [0.29, 0.717) is 43.9 Å². The molecule has 10 nitrogen and oxygen atoms in total. The molecular formula is C32H37N7O3. The van der Waals surface area contributed by atoms with E-state index in [-0.39, 0.29) is 17.9 Å². The predicted octanol–water partition coefficient (Wildman–Crippen LogP) is 5.23. The summed E-state index contributed by atoms with van der Waals surface area (Å²) in [5.41, 5.74) is 9.66. The lowest BCUT2D eigenvalue weighted by atomic mass is 10.1. The first-order valence-electron chi connectivity index (χ1n) is 14.5. The molecule has 0 aliphatic rings. The van der Waals surface area contributed by atoms with Crippen LogP contribution in [0.1, 0.15) is 63.1 Å². The Morgan fingerprint density at radius 1 is 1.02 bits per heavy atom. The van der Waals surface area contributed by atoms with Gasteiger partial charge in [0, 0.05) is 31.2 Å². The van der Waals surface area contributed by atoms with Gasteiger partial charge in [0.05, 0.1) is 47.2 Å². The lowest BCUT2D eigenvalue weighted by Gasteiger charge is -2.17. The number of nitrogens with zero attached hydrogens (tertiary/aromatic N) is 4. The van der Waals surface area contributed by atoms with Crippen LogP contribution in [0.4, 0.5) is 0 Å². The molecule has 218 valence electrons. The molecule has 2 aromatic carbocycles. The number of hydrogen-bond acceptors (Lipinski definition) is 6. The third-order valence-corrected chi connectivity index (χ3v) is 7.46. The van der Waals surface area contributed by atoms with Crippen molar-refractivity contribution in [1.82, 2.24) is 29.8 Å². The van der Waals surface area contributed by atoms with Gasteiger partial charge >= 0.3 is 0 Å². The fourth-order valence-corrected chi connectivity index (χ4v) is 5.32. The zero-order valence-corrected chi connectivity index (χ0v) is 24.1. The number of nitrogens with two attached hydrogens (primary N) is 1. The molecule has 1 atom stereocenters. The van der Waals surface area contributed by atoms with Gasteiger partial charge in [-0.3, -0.25) is 9.59 Å². The van der Waals surface area contributed by atoms with Gasteiger partial charge in [-0.15, -0.1) is 0 Å². The number of rotatable bonds is 14. The predicted molar refractivity (Wildman–Crippen MR) is 163 cm³/mol. The minimum atomic E-state index is -0.329. The number of carbonyl (C=O) groups excluding carboxylic acids is 2. The van der Waals surface area contributed by atoms with E-state index >= 15 is 0 Å². The molecule has 2 amide bonds. The van der Waals surface area contributed by atoms with Gasteiger partial charge in [0.1, 0.15) is 11.6 Å². The van der Waals surface area contributed by atoms with E-state index in [0.717, 1.165) is 58.3 Å². The number of aryl methyl sites for hydroxylation is 2. The van der Waals surface area contributed by atoms with Crippen LogP contribution in [0.25, 0.3) is 33.2 Å². The first-order valence-corrected chi connectivity index (χ1v) is 14.5. The van der Waals surface area contributed by atoms with Crippen LogP contribution >= 0.6 is 0 Å². The number of hydrogen-bond donors (Lipinski definition) is 3. The first-order chi connectivity index (χ1) is 20.5. The molecule has 0 unspecified atom stereocenters. The van der Waals surface area contributed by atoms with Gasteiger partial charge in [0.2, 0.25) is 17.7 Å². The van der Waals surface area contributed by atoms with Gasteiger partial charge in [-0.1, -0.05) is 50.1 Å². The fraction of sp³-hybridized carbons (Fsp3) is 0.344. The molecule has 10 heteroatoms. The average Bonchev–Trinajstić information content (AvgIpc) is 3.63. The molecule has 4 N–H and O–H groups in total. The van der Waals surface area contributed by atoms with Gasteiger partial charge in [-0.25, -0.2) is 15.0 Å². The SMILES string of the molecule is CCc1nc2ccccc2n1CCC(=O)N[C@@H](CCCCCC(N)=O)c1ncc(-c2cc3ccccc3nc2OC)[nH]1. The van der Waals surface area contributed by atoms with Crippen molar-refractivity contribution in [2.45, 2.75) is 64.5 Å². The lowest BCUT2D eigenvalue weighted by Crippen LogP contribution is -2.30. The van der Waals surface area contributed by atoms with Crippen LogP contribution < -0.4 is 15.8 Å². The van der Waals surface area contributed by atoms with Crippen LogP contribution in [0.15, 0.2) is 60.8 Å². The molecule has 42 heavy (non-hydrogen) atoms. The number of nitrogens with one attached hydrogen (secondary N) is 2. The number of imidazole rings is 2. The molecule has 0 fully saturated rings. The molecule has 0 aliphatic carbocycles. The summed E-state index contributed by atoms with van der Waals surface area (Å²) in [4.78, 5) is 41.9. The maximum Gasteiger partial charge on any atom is 0.223 e. The Morgan fingerprint density at radius 3 is 2.60 bits per heavy atom. The Bertz CT molecular complexity index is 1690. The topological polar surface area (TPSA) is 141 Å². The summed E-state index contributed by atoms with van der Waals surface area (Å²) < 4.78 is 7.72. The maximum absolute atomic E-state index is 13.3. The van der Waals surface area contributed by atoms with E-state index in [1.807, 2.05) is 54.6 Å². The van der Waals surface area contributed by atoms with Gasteiger partial charge < -0.3 is 25.3 Å². The van der Waals surface area contributed by atoms with Crippen molar-refractivity contribution in [2.24, 2.45) is 5.73 Å². The second kappa shape index (κ2) is 13.3. The first kappa shape index (κ1) is 28.8. The summed E-state index contributed by atoms with van der Waals surface area (Å²) in [7, 11) is 1.60. The molecule has 0 aliphatic heterocycles. The zero-order chi connectivity index (χ0) is 29.5. The van der Waals surface area contributed by atoms with Crippen LogP contribution in [-0.4, -0.2) is 43.4 Å². The number of methoxy groups -OCH3 is 1. The minimum Gasteiger partial charge on any atom is -0.480 e. The zero-order valence-electron chi connectivity index (χ0n) is 24.1. The average molecular weight is 568 g/mol. The number of ether oxygens (including phenoxy) is 1. The Hall–Kier alpha value is -4.73. The van der Waals surface area contributed by atoms with Gasteiger partial charge in [-0.2, -0.15) is 0 Å². The number of pyridine rings is 1. The number of para-hydroxylation sites is 3. The summed E-state index contributed by atoms with van der Waals surface area (Å²) >= 11 is 0. The standard InChI is InChI=1S/C32H37N7O3/c1-3-29-35-24-13-9-10-15-27(24)39(29)18-17-30(41)36-25(14-5-4-6-16-28(33)40)31-34-20-26(37-31)22-19-21-11-7-8-12-23(21)38-32(22)42-2/h7-13,15,19-20,25H,3-6,14,16-18H2,1-2H3,(H2,33,40)(H,34,37)(H,36,41)/t25-/m0/s1. The second-order valence-electron chi connectivity index (χ2n) is 10.4. The molecule has 3 aromatic heterocycles. The van der Waals surface area contributed by atoms with Crippen LogP contribution in [0.2, 0.25) is 0 Å². The maximum atomic E-state index is 13.3. The number of amides is 2. The van der Waals surface area contributed by atoms with E-state index in [4.69, 9.17) is 15.5 Å². The molecule has 0 saturated heterocycles. The summed E-state index contributed by atoms with van der Waals surface area (Å²) in [5, 5.41) is 4.19. The second-order valence-corrected chi connectivity index (χ2v) is 10.4. The number of benzene rings is 2. The number of H-pyrrole nitrogens is 1. The molecule has 3 heterocycles. The lowest BCUT2D eigenvalue weighted by molar-refractivity contribution is -0.122. The summed E-state index contributed by atoms with van der Waals surface area (Å²) in [6.45, 7) is 2.60. The Kier molecular flexibility index (Phi) is 9.11. The summed E-state index contributed by atoms with van der Waals surface area (Å²) in [6.07, 6.45) is 6.21. The smallest absolute Gasteiger partial charge is 0.223 e. The fourth-order valence-electron chi connectivity index (χ4n) is 5.32. The highest BCUT2D eigenvalue weighted by Crippen LogP contribution is 2.31. The van der Waals surface area contributed by atoms with Crippen molar-refractivity contribution >= 4 is 33.8 Å². The number of carbonyl (C=O) groups is 2. The summed E-state index contributed by atoms with van der Waals surface area (Å²) in [6, 6.07) is 17.5. The van der Waals surface area contributed by atoms with Crippen LogP contribution in [0.5, 0.6) is 5.88 Å². The Balaban J connectivity index is 1.34. The minimum absolute atomic E-state index is 0.0696. The third-order valence-electron chi connectivity index (χ3n) is 7.46. The third kappa shape index (κ3) is 6.59. The number of aromatic amines is 1. The largest absolute Gasteiger partial charge is 0.480 e. The van der Waals surface area contributed by atoms with Crippen LogP contribution in [0.3, 0.4) is 0 Å². The van der Waals surface area contributed by atoms with Crippen molar-refractivity contribution in [3.63, 3.8) is 0 Å². The molecule has 0 bridgehead atoms. The van der Waals surface area contributed by atoms with Gasteiger partial charge in [0.25, 0.3) is 0 Å². The molecular weight excluding hydrogens is 530 g/mol. The normalized spacial score (nSPS) is 12.0. The molecule has 5 aromatic rings. The van der Waals surface area contributed by atoms with E-state index in [1.165, 1.54) is 0 Å². The monoisotopic (exact) mass is 567 g/mol. The molecule has 0 radical (unpaired) electrons. The molecule has 0 saturated carbocycles. The molecule has 0 spiro atoms. The van der Waals surface area contributed by atoms with Crippen molar-refractivity contribution in [1.29, 1.82) is 0 Å². The van der Waals surface area contributed by atoms with Gasteiger partial charge in [-0.05, 0) is 37.1 Å². The Labute approximate surface area is 244 Å². The van der Waals surface area contributed by atoms with Crippen molar-refractivity contribution in [2.75, 3.05) is 7.11 Å². The Morgan fingerprint density at radius 2 is 1.81 bits per heavy atom. The number of primary amides is 1. The van der Waals surface area contributed by atoms with Crippen molar-refractivity contribution in [3.05, 3.63) is 72.4 Å². The van der Waals surface area contributed by atoms with E-state index < -0.39 is 0 Å². The van der Waals surface area contributed by atoms with Crippen molar-refractivity contribution in [3.8, 4) is 17.1 Å². The highest BCUT2D eigenvalue weighted by molar-refractivity contribution is 5.85. The van der Waals surface area contributed by atoms with E-state index in [1.54, 1.807) is 13.3 Å². The highest BCUT2D eigenvalue weighted by atomic mass is 16.5. The molecule has 5 rings (SSSR count). The van der Waals surface area contributed by atoms with E-state index in [9.17, 15) is 9.59 Å². The van der Waals surface area contributed by atoms with Crippen LogP contribution in [-0.2, 0) is 22.6 Å². The van der Waals surface area contributed by atoms with Gasteiger partial charge in [0.15, 0.2) is 0 Å². The summed E-state index contributed by atoms with van der Waals surface area (Å²) in [5.74, 6) is 1.75. The number of fused-ring (bicyclic) bond motifs is 2.